The van der Waals surface area contributed by atoms with Crippen molar-refractivity contribution in [3.8, 4) is 0 Å². The third kappa shape index (κ3) is 4.40. The van der Waals surface area contributed by atoms with Crippen LogP contribution in [0.25, 0.3) is 0 Å². The van der Waals surface area contributed by atoms with Crippen LogP contribution < -0.4 is 4.72 Å². The monoisotopic (exact) mass is 326 g/mol. The molecule has 2 rings (SSSR count). The van der Waals surface area contributed by atoms with E-state index < -0.39 is 21.6 Å². The molecule has 5 nitrogen and oxygen atoms in total. The number of likely N-dealkylation sites (N-methyl/N-ethyl adjacent to an activating group) is 1. The van der Waals surface area contributed by atoms with Gasteiger partial charge in [-0.05, 0) is 32.3 Å². The molecule has 0 amide bonds. The maximum Gasteiger partial charge on any atom is 0.215 e. The lowest BCUT2D eigenvalue weighted by molar-refractivity contribution is 0.259. The number of nitrogens with one attached hydrogen (secondary N) is 1. The standard InChI is InChI=1S/C15H19FN2O3S/c1-18(2)14(15-8-5-9-21-15)10-17-22(19,20)11-12-6-3-4-7-13(12)16/h3-9,14,17H,10-11H2,1-2H3/t14-/m0/s1. The fourth-order valence-corrected chi connectivity index (χ4v) is 3.25. The van der Waals surface area contributed by atoms with Crippen molar-refractivity contribution in [2.24, 2.45) is 0 Å². The number of hydrogen-bond acceptors (Lipinski definition) is 4. The summed E-state index contributed by atoms with van der Waals surface area (Å²) in [5.41, 5.74) is 0.148. The second kappa shape index (κ2) is 7.04. The van der Waals surface area contributed by atoms with Crippen molar-refractivity contribution in [2.45, 2.75) is 11.8 Å². The topological polar surface area (TPSA) is 62.6 Å². The van der Waals surface area contributed by atoms with Gasteiger partial charge >= 0.3 is 0 Å². The summed E-state index contributed by atoms with van der Waals surface area (Å²) in [4.78, 5) is 1.85. The number of sulfonamides is 1. The zero-order valence-electron chi connectivity index (χ0n) is 12.5. The molecule has 0 radical (unpaired) electrons. The lowest BCUT2D eigenvalue weighted by atomic mass is 10.2. The first kappa shape index (κ1) is 16.7. The molecule has 1 heterocycles. The molecule has 0 aliphatic carbocycles. The van der Waals surface area contributed by atoms with Crippen LogP contribution in [-0.4, -0.2) is 34.0 Å². The molecule has 0 spiro atoms. The van der Waals surface area contributed by atoms with Crippen LogP contribution in [0.1, 0.15) is 17.4 Å². The predicted octanol–water partition coefficient (Wildman–Crippen LogP) is 2.14. The van der Waals surface area contributed by atoms with Crippen LogP contribution in [-0.2, 0) is 15.8 Å². The summed E-state index contributed by atoms with van der Waals surface area (Å²) >= 11 is 0. The first-order valence-corrected chi connectivity index (χ1v) is 8.45. The van der Waals surface area contributed by atoms with Crippen LogP contribution in [0.15, 0.2) is 47.1 Å². The number of nitrogens with zero attached hydrogens (tertiary/aromatic N) is 1. The van der Waals surface area contributed by atoms with Gasteiger partial charge < -0.3 is 4.42 Å². The molecule has 1 N–H and O–H groups in total. The minimum Gasteiger partial charge on any atom is -0.468 e. The van der Waals surface area contributed by atoms with Crippen molar-refractivity contribution in [3.05, 3.63) is 59.8 Å². The summed E-state index contributed by atoms with van der Waals surface area (Å²) in [6.07, 6.45) is 1.54. The minimum absolute atomic E-state index is 0.148. The quantitative estimate of drug-likeness (QED) is 0.847. The van der Waals surface area contributed by atoms with Gasteiger partial charge in [-0.1, -0.05) is 18.2 Å². The highest BCUT2D eigenvalue weighted by Crippen LogP contribution is 2.18. The molecule has 1 aromatic heterocycles. The fraction of sp³-hybridized carbons (Fsp3) is 0.333. The normalized spacial score (nSPS) is 13.5. The van der Waals surface area contributed by atoms with Gasteiger partial charge in [-0.15, -0.1) is 0 Å². The lowest BCUT2D eigenvalue weighted by Crippen LogP contribution is -2.35. The molecule has 0 unspecified atom stereocenters. The number of furan rings is 1. The highest BCUT2D eigenvalue weighted by molar-refractivity contribution is 7.88. The van der Waals surface area contributed by atoms with E-state index in [4.69, 9.17) is 4.42 Å². The van der Waals surface area contributed by atoms with Crippen LogP contribution in [0.4, 0.5) is 4.39 Å². The van der Waals surface area contributed by atoms with Crippen LogP contribution in [0.5, 0.6) is 0 Å². The molecule has 1 atom stereocenters. The van der Waals surface area contributed by atoms with Crippen LogP contribution in [0, 0.1) is 5.82 Å². The van der Waals surface area contributed by atoms with Gasteiger partial charge in [0.25, 0.3) is 0 Å². The van der Waals surface area contributed by atoms with Gasteiger partial charge in [0.1, 0.15) is 11.6 Å². The summed E-state index contributed by atoms with van der Waals surface area (Å²) in [5, 5.41) is 0. The first-order chi connectivity index (χ1) is 10.4. The molecular weight excluding hydrogens is 307 g/mol. The lowest BCUT2D eigenvalue weighted by Gasteiger charge is -2.22. The van der Waals surface area contributed by atoms with Gasteiger partial charge in [0.15, 0.2) is 0 Å². The molecule has 22 heavy (non-hydrogen) atoms. The molecule has 0 saturated heterocycles. The van der Waals surface area contributed by atoms with Crippen molar-refractivity contribution < 1.29 is 17.2 Å². The van der Waals surface area contributed by atoms with Gasteiger partial charge in [0.2, 0.25) is 10.0 Å². The average Bonchev–Trinajstić information content (AvgIpc) is 2.95. The summed E-state index contributed by atoms with van der Waals surface area (Å²) in [7, 11) is 0.0283. The Labute approximate surface area is 129 Å². The molecule has 120 valence electrons. The van der Waals surface area contributed by atoms with Gasteiger partial charge in [-0.25, -0.2) is 17.5 Å². The van der Waals surface area contributed by atoms with Gasteiger partial charge in [-0.2, -0.15) is 0 Å². The Morgan fingerprint density at radius 2 is 1.95 bits per heavy atom. The van der Waals surface area contributed by atoms with E-state index in [1.54, 1.807) is 24.5 Å². The van der Waals surface area contributed by atoms with E-state index in [0.29, 0.717) is 5.76 Å². The Balaban J connectivity index is 2.04. The molecule has 0 fully saturated rings. The number of hydrogen-bond donors (Lipinski definition) is 1. The zero-order chi connectivity index (χ0) is 16.2. The van der Waals surface area contributed by atoms with E-state index in [2.05, 4.69) is 4.72 Å². The average molecular weight is 326 g/mol. The molecule has 0 saturated carbocycles. The van der Waals surface area contributed by atoms with Crippen LogP contribution in [0.2, 0.25) is 0 Å². The summed E-state index contributed by atoms with van der Waals surface area (Å²) in [6.45, 7) is 0.150. The summed E-state index contributed by atoms with van der Waals surface area (Å²) in [5.74, 6) is -0.250. The van der Waals surface area contributed by atoms with E-state index in [0.717, 1.165) is 0 Å². The fourth-order valence-electron chi connectivity index (χ4n) is 2.10. The molecule has 0 aliphatic rings. The first-order valence-electron chi connectivity index (χ1n) is 6.79. The number of halogens is 1. The maximum absolute atomic E-state index is 13.6. The SMILES string of the molecule is CN(C)[C@@H](CNS(=O)(=O)Cc1ccccc1F)c1ccco1. The third-order valence-electron chi connectivity index (χ3n) is 3.29. The van der Waals surface area contributed by atoms with Crippen molar-refractivity contribution in [1.82, 2.24) is 9.62 Å². The molecule has 2 aromatic rings. The van der Waals surface area contributed by atoms with E-state index in [1.165, 1.54) is 18.2 Å². The smallest absolute Gasteiger partial charge is 0.215 e. The Bertz CT molecular complexity index is 699. The molecule has 7 heteroatoms. The Hall–Kier alpha value is -1.70. The van der Waals surface area contributed by atoms with Crippen molar-refractivity contribution in [1.29, 1.82) is 0 Å². The maximum atomic E-state index is 13.6. The van der Waals surface area contributed by atoms with Gasteiger partial charge in [-0.3, -0.25) is 4.90 Å². The summed E-state index contributed by atoms with van der Waals surface area (Å²) < 4.78 is 45.6. The third-order valence-corrected chi connectivity index (χ3v) is 4.59. The van der Waals surface area contributed by atoms with Crippen molar-refractivity contribution >= 4 is 10.0 Å². The largest absolute Gasteiger partial charge is 0.468 e. The van der Waals surface area contributed by atoms with Crippen molar-refractivity contribution in [3.63, 3.8) is 0 Å². The highest BCUT2D eigenvalue weighted by atomic mass is 32.2. The number of rotatable bonds is 7. The van der Waals surface area contributed by atoms with E-state index >= 15 is 0 Å². The zero-order valence-corrected chi connectivity index (χ0v) is 13.3. The second-order valence-electron chi connectivity index (χ2n) is 5.19. The second-order valence-corrected chi connectivity index (χ2v) is 7.00. The predicted molar refractivity (Wildman–Crippen MR) is 82.2 cm³/mol. The van der Waals surface area contributed by atoms with Gasteiger partial charge in [0, 0.05) is 12.1 Å². The molecule has 0 bridgehead atoms. The van der Waals surface area contributed by atoms with Gasteiger partial charge in [0.05, 0.1) is 18.1 Å². The molecule has 0 aliphatic heterocycles. The minimum atomic E-state index is -3.64. The molecular formula is C15H19FN2O3S. The summed E-state index contributed by atoms with van der Waals surface area (Å²) in [6, 6.07) is 9.15. The van der Waals surface area contributed by atoms with E-state index in [1.807, 2.05) is 19.0 Å². The van der Waals surface area contributed by atoms with Crippen LogP contribution in [0.3, 0.4) is 0 Å². The Morgan fingerprint density at radius 1 is 1.23 bits per heavy atom. The Kier molecular flexibility index (Phi) is 5.33. The molecule has 1 aromatic carbocycles. The van der Waals surface area contributed by atoms with E-state index in [9.17, 15) is 12.8 Å². The van der Waals surface area contributed by atoms with Crippen LogP contribution >= 0.6 is 0 Å². The highest BCUT2D eigenvalue weighted by Gasteiger charge is 2.21. The van der Waals surface area contributed by atoms with Crippen molar-refractivity contribution in [2.75, 3.05) is 20.6 Å². The Morgan fingerprint density at radius 3 is 2.55 bits per heavy atom. The van der Waals surface area contributed by atoms with E-state index in [-0.39, 0.29) is 18.2 Å². The number of benzene rings is 1.